The number of unbranched alkanes of at least 4 members (excludes halogenated alkanes) is 1. The normalized spacial score (nSPS) is 14.0. The number of nitrogens with one attached hydrogen (secondary N) is 1. The van der Waals surface area contributed by atoms with Gasteiger partial charge in [-0.05, 0) is 24.6 Å². The molecule has 28 heavy (non-hydrogen) atoms. The van der Waals surface area contributed by atoms with Gasteiger partial charge in [0.2, 0.25) is 5.91 Å². The third-order valence-corrected chi connectivity index (χ3v) is 4.61. The van der Waals surface area contributed by atoms with Gasteiger partial charge in [-0.1, -0.05) is 44.0 Å². The van der Waals surface area contributed by atoms with E-state index in [9.17, 15) is 24.5 Å². The van der Waals surface area contributed by atoms with Gasteiger partial charge in [0, 0.05) is 11.8 Å². The molecule has 1 N–H and O–H groups in total. The number of carbonyl (C=O) groups excluding carboxylic acids is 3. The van der Waals surface area contributed by atoms with Crippen molar-refractivity contribution in [1.82, 2.24) is 4.90 Å². The van der Waals surface area contributed by atoms with Gasteiger partial charge in [0.15, 0.2) is 0 Å². The van der Waals surface area contributed by atoms with Crippen LogP contribution in [0.25, 0.3) is 0 Å². The molecular formula is C20H19N3O5. The number of fused-ring (bicyclic) bond motifs is 1. The molecule has 1 atom stereocenters. The Kier molecular flexibility index (Phi) is 5.49. The molecule has 1 aliphatic heterocycles. The van der Waals surface area contributed by atoms with E-state index in [1.165, 1.54) is 18.2 Å². The van der Waals surface area contributed by atoms with E-state index in [4.69, 9.17) is 0 Å². The summed E-state index contributed by atoms with van der Waals surface area (Å²) in [6.07, 6.45) is 1.65. The molecule has 144 valence electrons. The van der Waals surface area contributed by atoms with Crippen LogP contribution in [0, 0.1) is 10.1 Å². The molecule has 3 amide bonds. The van der Waals surface area contributed by atoms with Crippen LogP contribution in [-0.2, 0) is 4.79 Å². The molecule has 0 radical (unpaired) electrons. The Morgan fingerprint density at radius 2 is 1.82 bits per heavy atom. The maximum atomic E-state index is 12.9. The molecule has 0 bridgehead atoms. The van der Waals surface area contributed by atoms with Gasteiger partial charge in [-0.15, -0.1) is 0 Å². The minimum atomic E-state index is -1.05. The van der Waals surface area contributed by atoms with Crippen molar-refractivity contribution < 1.29 is 19.3 Å². The number of nitro benzene ring substituents is 1. The van der Waals surface area contributed by atoms with Crippen molar-refractivity contribution in [2.75, 3.05) is 5.32 Å². The summed E-state index contributed by atoms with van der Waals surface area (Å²) in [7, 11) is 0. The molecule has 1 heterocycles. The topological polar surface area (TPSA) is 110 Å². The SMILES string of the molecule is CCCCC(C(=O)Nc1ccccc1)N1C(=O)c2cccc([N+](=O)[O-])c2C1=O. The number of anilines is 1. The number of benzene rings is 2. The summed E-state index contributed by atoms with van der Waals surface area (Å²) < 4.78 is 0. The van der Waals surface area contributed by atoms with Crippen LogP contribution in [0.2, 0.25) is 0 Å². The molecule has 0 aliphatic carbocycles. The van der Waals surface area contributed by atoms with Gasteiger partial charge in [0.05, 0.1) is 10.5 Å². The lowest BCUT2D eigenvalue weighted by Crippen LogP contribution is -2.47. The molecule has 3 rings (SSSR count). The smallest absolute Gasteiger partial charge is 0.282 e. The first-order valence-electron chi connectivity index (χ1n) is 8.97. The summed E-state index contributed by atoms with van der Waals surface area (Å²) in [5.74, 6) is -2.00. The lowest BCUT2D eigenvalue weighted by molar-refractivity contribution is -0.385. The van der Waals surface area contributed by atoms with E-state index in [0.29, 0.717) is 12.1 Å². The molecule has 0 spiro atoms. The van der Waals surface area contributed by atoms with Crippen LogP contribution in [0.4, 0.5) is 11.4 Å². The van der Waals surface area contributed by atoms with E-state index >= 15 is 0 Å². The highest BCUT2D eigenvalue weighted by molar-refractivity contribution is 6.24. The minimum Gasteiger partial charge on any atom is -0.324 e. The standard InChI is InChI=1S/C20H19N3O5/c1-2-3-11-16(18(24)21-13-8-5-4-6-9-13)22-19(25)14-10-7-12-15(23(27)28)17(14)20(22)26/h4-10,12,16H,2-3,11H2,1H3,(H,21,24). The summed E-state index contributed by atoms with van der Waals surface area (Å²) in [6.45, 7) is 1.93. The number of nitro groups is 1. The summed E-state index contributed by atoms with van der Waals surface area (Å²) in [5, 5.41) is 14.0. The largest absolute Gasteiger partial charge is 0.324 e. The fourth-order valence-corrected chi connectivity index (χ4v) is 3.24. The molecule has 2 aromatic carbocycles. The van der Waals surface area contributed by atoms with Gasteiger partial charge in [0.25, 0.3) is 17.5 Å². The number of para-hydroxylation sites is 1. The number of amides is 3. The predicted octanol–water partition coefficient (Wildman–Crippen LogP) is 3.39. The number of nitrogens with zero attached hydrogens (tertiary/aromatic N) is 2. The zero-order chi connectivity index (χ0) is 20.3. The number of imide groups is 1. The lowest BCUT2D eigenvalue weighted by atomic mass is 10.1. The van der Waals surface area contributed by atoms with Gasteiger partial charge in [-0.3, -0.25) is 29.4 Å². The number of hydrogen-bond acceptors (Lipinski definition) is 5. The van der Waals surface area contributed by atoms with Crippen molar-refractivity contribution in [2.45, 2.75) is 32.2 Å². The second-order valence-electron chi connectivity index (χ2n) is 6.45. The maximum absolute atomic E-state index is 12.9. The van der Waals surface area contributed by atoms with Crippen molar-refractivity contribution in [3.05, 3.63) is 69.8 Å². The lowest BCUT2D eigenvalue weighted by Gasteiger charge is -2.25. The van der Waals surface area contributed by atoms with Gasteiger partial charge in [0.1, 0.15) is 11.6 Å². The van der Waals surface area contributed by atoms with Crippen LogP contribution >= 0.6 is 0 Å². The second kappa shape index (κ2) is 7.99. The maximum Gasteiger partial charge on any atom is 0.282 e. The Morgan fingerprint density at radius 1 is 1.11 bits per heavy atom. The summed E-state index contributed by atoms with van der Waals surface area (Å²) in [6, 6.07) is 11.6. The van der Waals surface area contributed by atoms with Crippen molar-refractivity contribution in [1.29, 1.82) is 0 Å². The average Bonchev–Trinajstić information content (AvgIpc) is 2.94. The van der Waals surface area contributed by atoms with E-state index in [0.717, 1.165) is 11.3 Å². The highest BCUT2D eigenvalue weighted by Crippen LogP contribution is 2.33. The summed E-state index contributed by atoms with van der Waals surface area (Å²) >= 11 is 0. The molecule has 0 saturated carbocycles. The average molecular weight is 381 g/mol. The minimum absolute atomic E-state index is 0.0480. The van der Waals surface area contributed by atoms with Crippen molar-refractivity contribution in [3.63, 3.8) is 0 Å². The number of hydrogen-bond donors (Lipinski definition) is 1. The first kappa shape index (κ1) is 19.2. The highest BCUT2D eigenvalue weighted by atomic mass is 16.6. The molecular weight excluding hydrogens is 362 g/mol. The molecule has 0 fully saturated rings. The van der Waals surface area contributed by atoms with Crippen LogP contribution in [0.15, 0.2) is 48.5 Å². The zero-order valence-electron chi connectivity index (χ0n) is 15.3. The van der Waals surface area contributed by atoms with Crippen molar-refractivity contribution in [2.24, 2.45) is 0 Å². The zero-order valence-corrected chi connectivity index (χ0v) is 15.3. The summed E-state index contributed by atoms with van der Waals surface area (Å²) in [4.78, 5) is 50.1. The first-order valence-corrected chi connectivity index (χ1v) is 8.97. The van der Waals surface area contributed by atoms with Crippen LogP contribution in [0.5, 0.6) is 0 Å². The molecule has 8 heteroatoms. The van der Waals surface area contributed by atoms with Crippen LogP contribution in [-0.4, -0.2) is 33.6 Å². The third-order valence-electron chi connectivity index (χ3n) is 4.61. The fraction of sp³-hybridized carbons (Fsp3) is 0.250. The molecule has 1 unspecified atom stereocenters. The van der Waals surface area contributed by atoms with E-state index in [-0.39, 0.29) is 17.5 Å². The van der Waals surface area contributed by atoms with Gasteiger partial charge in [-0.2, -0.15) is 0 Å². The van der Waals surface area contributed by atoms with Gasteiger partial charge in [-0.25, -0.2) is 0 Å². The Hall–Kier alpha value is -3.55. The Morgan fingerprint density at radius 3 is 2.46 bits per heavy atom. The predicted molar refractivity (Wildman–Crippen MR) is 102 cm³/mol. The van der Waals surface area contributed by atoms with E-state index < -0.39 is 34.4 Å². The van der Waals surface area contributed by atoms with Crippen molar-refractivity contribution >= 4 is 29.1 Å². The summed E-state index contributed by atoms with van der Waals surface area (Å²) in [5.41, 5.74) is -0.202. The van der Waals surface area contributed by atoms with Gasteiger partial charge < -0.3 is 5.32 Å². The van der Waals surface area contributed by atoms with E-state index in [1.54, 1.807) is 30.3 Å². The number of rotatable bonds is 7. The van der Waals surface area contributed by atoms with Crippen molar-refractivity contribution in [3.8, 4) is 0 Å². The fourth-order valence-electron chi connectivity index (χ4n) is 3.24. The molecule has 0 aromatic heterocycles. The quantitative estimate of drug-likeness (QED) is 0.449. The molecule has 0 saturated heterocycles. The molecule has 2 aromatic rings. The Bertz CT molecular complexity index is 942. The third kappa shape index (κ3) is 3.48. The van der Waals surface area contributed by atoms with Crippen LogP contribution in [0.1, 0.15) is 46.9 Å². The van der Waals surface area contributed by atoms with Crippen LogP contribution < -0.4 is 5.32 Å². The highest BCUT2D eigenvalue weighted by Gasteiger charge is 2.46. The van der Waals surface area contributed by atoms with Crippen LogP contribution in [0.3, 0.4) is 0 Å². The molecule has 1 aliphatic rings. The van der Waals surface area contributed by atoms with E-state index in [2.05, 4.69) is 5.32 Å². The molecule has 8 nitrogen and oxygen atoms in total. The van der Waals surface area contributed by atoms with E-state index in [1.807, 2.05) is 6.92 Å². The van der Waals surface area contributed by atoms with Gasteiger partial charge >= 0.3 is 0 Å². The Labute approximate surface area is 161 Å². The number of carbonyl (C=O) groups is 3. The first-order chi connectivity index (χ1) is 13.5. The Balaban J connectivity index is 1.95. The second-order valence-corrected chi connectivity index (χ2v) is 6.45. The monoisotopic (exact) mass is 381 g/mol.